The van der Waals surface area contributed by atoms with E-state index in [4.69, 9.17) is 0 Å². The van der Waals surface area contributed by atoms with Gasteiger partial charge in [-0.2, -0.15) is 5.10 Å². The highest BCUT2D eigenvalue weighted by Crippen LogP contribution is 2.25. The van der Waals surface area contributed by atoms with Gasteiger partial charge in [0.05, 0.1) is 5.39 Å². The van der Waals surface area contributed by atoms with Gasteiger partial charge in [-0.15, -0.1) is 0 Å². The van der Waals surface area contributed by atoms with Gasteiger partial charge >= 0.3 is 5.97 Å². The Kier molecular flexibility index (Phi) is 3.26. The monoisotopic (exact) mass is 272 g/mol. The predicted octanol–water partition coefficient (Wildman–Crippen LogP) is 2.28. The molecule has 3 rings (SSSR count). The second-order valence-electron chi connectivity index (χ2n) is 5.34. The maximum atomic E-state index is 12.4. The molecule has 0 saturated heterocycles. The van der Waals surface area contributed by atoms with Crippen molar-refractivity contribution in [3.05, 3.63) is 40.3 Å². The molecule has 0 bridgehead atoms. The van der Waals surface area contributed by atoms with E-state index in [0.717, 1.165) is 12.8 Å². The molecule has 1 aromatic heterocycles. The molecular formula is C15H16N2O3. The number of nitrogens with zero attached hydrogens (tertiary/aromatic N) is 2. The lowest BCUT2D eigenvalue weighted by Gasteiger charge is -2.12. The first-order valence-corrected chi connectivity index (χ1v) is 6.90. The van der Waals surface area contributed by atoms with Crippen molar-refractivity contribution in [1.29, 1.82) is 0 Å². The van der Waals surface area contributed by atoms with Crippen molar-refractivity contribution in [2.75, 3.05) is 0 Å². The zero-order valence-corrected chi connectivity index (χ0v) is 11.1. The second kappa shape index (κ2) is 5.07. The average Bonchev–Trinajstić information content (AvgIpc) is 2.94. The molecule has 0 spiro atoms. The SMILES string of the molecule is O=C(O)c1nn(CC2CCCC2)c(=O)c2ccccc12. The number of carbonyl (C=O) groups is 1. The first-order chi connectivity index (χ1) is 9.66. The van der Waals surface area contributed by atoms with Crippen molar-refractivity contribution in [3.63, 3.8) is 0 Å². The molecule has 0 atom stereocenters. The molecule has 0 amide bonds. The predicted molar refractivity (Wildman–Crippen MR) is 74.9 cm³/mol. The van der Waals surface area contributed by atoms with Gasteiger partial charge in [0.25, 0.3) is 5.56 Å². The van der Waals surface area contributed by atoms with Crippen molar-refractivity contribution in [3.8, 4) is 0 Å². The van der Waals surface area contributed by atoms with Crippen LogP contribution in [0.4, 0.5) is 0 Å². The van der Waals surface area contributed by atoms with Gasteiger partial charge in [-0.25, -0.2) is 9.48 Å². The van der Waals surface area contributed by atoms with E-state index in [2.05, 4.69) is 5.10 Å². The maximum Gasteiger partial charge on any atom is 0.357 e. The fourth-order valence-electron chi connectivity index (χ4n) is 2.95. The van der Waals surface area contributed by atoms with E-state index in [9.17, 15) is 14.7 Å². The summed E-state index contributed by atoms with van der Waals surface area (Å²) in [6.45, 7) is 0.518. The van der Waals surface area contributed by atoms with Crippen LogP contribution in [0.3, 0.4) is 0 Å². The van der Waals surface area contributed by atoms with Crippen molar-refractivity contribution in [1.82, 2.24) is 9.78 Å². The molecule has 1 fully saturated rings. The summed E-state index contributed by atoms with van der Waals surface area (Å²) in [6, 6.07) is 6.76. The van der Waals surface area contributed by atoms with E-state index in [1.54, 1.807) is 24.3 Å². The third-order valence-electron chi connectivity index (χ3n) is 3.98. The third-order valence-corrected chi connectivity index (χ3v) is 3.98. The molecule has 20 heavy (non-hydrogen) atoms. The van der Waals surface area contributed by atoms with E-state index in [0.29, 0.717) is 23.2 Å². The fourth-order valence-corrected chi connectivity index (χ4v) is 2.95. The highest BCUT2D eigenvalue weighted by atomic mass is 16.4. The van der Waals surface area contributed by atoms with Gasteiger partial charge in [0.2, 0.25) is 0 Å². The molecule has 5 nitrogen and oxygen atoms in total. The van der Waals surface area contributed by atoms with Gasteiger partial charge < -0.3 is 5.11 Å². The van der Waals surface area contributed by atoms with Crippen molar-refractivity contribution in [2.24, 2.45) is 5.92 Å². The molecular weight excluding hydrogens is 256 g/mol. The van der Waals surface area contributed by atoms with Gasteiger partial charge in [0.15, 0.2) is 5.69 Å². The second-order valence-corrected chi connectivity index (χ2v) is 5.34. The molecule has 2 aromatic rings. The standard InChI is InChI=1S/C15H16N2O3/c18-14-12-8-4-3-7-11(12)13(15(19)20)16-17(14)9-10-5-1-2-6-10/h3-4,7-8,10H,1-2,5-6,9H2,(H,19,20). The Hall–Kier alpha value is -2.17. The van der Waals surface area contributed by atoms with Gasteiger partial charge in [-0.1, -0.05) is 31.0 Å². The molecule has 1 saturated carbocycles. The Morgan fingerprint density at radius 3 is 2.55 bits per heavy atom. The van der Waals surface area contributed by atoms with Crippen LogP contribution in [0.1, 0.15) is 36.2 Å². The highest BCUT2D eigenvalue weighted by Gasteiger charge is 2.20. The Labute approximate surface area is 115 Å². The third kappa shape index (κ3) is 2.19. The number of carboxylic acid groups (broad SMARTS) is 1. The van der Waals surface area contributed by atoms with Gasteiger partial charge in [-0.05, 0) is 24.8 Å². The zero-order chi connectivity index (χ0) is 14.1. The van der Waals surface area contributed by atoms with Crippen LogP contribution >= 0.6 is 0 Å². The number of carboxylic acids is 1. The van der Waals surface area contributed by atoms with Crippen LogP contribution in [0.5, 0.6) is 0 Å². The van der Waals surface area contributed by atoms with Crippen LogP contribution < -0.4 is 5.56 Å². The maximum absolute atomic E-state index is 12.4. The van der Waals surface area contributed by atoms with Crippen LogP contribution in [0.2, 0.25) is 0 Å². The van der Waals surface area contributed by atoms with Gasteiger partial charge in [0, 0.05) is 11.9 Å². The molecule has 1 aromatic carbocycles. The molecule has 1 heterocycles. The first kappa shape index (κ1) is 12.8. The Morgan fingerprint density at radius 2 is 1.90 bits per heavy atom. The van der Waals surface area contributed by atoms with Crippen LogP contribution in [-0.2, 0) is 6.54 Å². The number of fused-ring (bicyclic) bond motifs is 1. The Bertz CT molecular complexity index is 715. The normalized spacial score (nSPS) is 15.8. The van der Waals surface area contributed by atoms with E-state index in [1.807, 2.05) is 0 Å². The average molecular weight is 272 g/mol. The molecule has 1 aliphatic rings. The van der Waals surface area contributed by atoms with E-state index >= 15 is 0 Å². The largest absolute Gasteiger partial charge is 0.476 e. The Morgan fingerprint density at radius 1 is 1.25 bits per heavy atom. The number of hydrogen-bond acceptors (Lipinski definition) is 3. The van der Waals surface area contributed by atoms with Crippen LogP contribution in [0.15, 0.2) is 29.1 Å². The number of aromatic nitrogens is 2. The molecule has 0 aliphatic heterocycles. The fraction of sp³-hybridized carbons (Fsp3) is 0.400. The summed E-state index contributed by atoms with van der Waals surface area (Å²) in [5.74, 6) is -0.663. The van der Waals surface area contributed by atoms with E-state index in [1.165, 1.54) is 17.5 Å². The Balaban J connectivity index is 2.14. The lowest BCUT2D eigenvalue weighted by Crippen LogP contribution is -2.28. The number of hydrogen-bond donors (Lipinski definition) is 1. The summed E-state index contributed by atoms with van der Waals surface area (Å²) in [4.78, 5) is 23.7. The lowest BCUT2D eigenvalue weighted by atomic mass is 10.1. The van der Waals surface area contributed by atoms with Crippen LogP contribution in [0, 0.1) is 5.92 Å². The summed E-state index contributed by atoms with van der Waals surface area (Å²) < 4.78 is 1.34. The molecule has 104 valence electrons. The summed E-state index contributed by atoms with van der Waals surface area (Å²) >= 11 is 0. The zero-order valence-electron chi connectivity index (χ0n) is 11.1. The van der Waals surface area contributed by atoms with Gasteiger partial charge in [-0.3, -0.25) is 4.79 Å². The van der Waals surface area contributed by atoms with Crippen molar-refractivity contribution in [2.45, 2.75) is 32.2 Å². The van der Waals surface area contributed by atoms with Crippen molar-refractivity contribution < 1.29 is 9.90 Å². The molecule has 5 heteroatoms. The first-order valence-electron chi connectivity index (χ1n) is 6.90. The van der Waals surface area contributed by atoms with E-state index in [-0.39, 0.29) is 11.3 Å². The summed E-state index contributed by atoms with van der Waals surface area (Å²) in [7, 11) is 0. The molecule has 0 unspecified atom stereocenters. The molecule has 1 aliphatic carbocycles. The summed E-state index contributed by atoms with van der Waals surface area (Å²) in [5.41, 5.74) is -0.240. The minimum absolute atomic E-state index is 0.0433. The molecule has 0 radical (unpaired) electrons. The lowest BCUT2D eigenvalue weighted by molar-refractivity contribution is 0.0689. The number of benzene rings is 1. The molecule has 1 N–H and O–H groups in total. The summed E-state index contributed by atoms with van der Waals surface area (Å²) in [6.07, 6.45) is 4.53. The van der Waals surface area contributed by atoms with E-state index < -0.39 is 5.97 Å². The quantitative estimate of drug-likeness (QED) is 0.930. The van der Waals surface area contributed by atoms with Crippen molar-refractivity contribution >= 4 is 16.7 Å². The minimum atomic E-state index is -1.10. The summed E-state index contributed by atoms with van der Waals surface area (Å²) in [5, 5.41) is 14.2. The van der Waals surface area contributed by atoms with Crippen LogP contribution in [-0.4, -0.2) is 20.9 Å². The van der Waals surface area contributed by atoms with Gasteiger partial charge in [0.1, 0.15) is 0 Å². The smallest absolute Gasteiger partial charge is 0.357 e. The topological polar surface area (TPSA) is 72.2 Å². The van der Waals surface area contributed by atoms with Crippen LogP contribution in [0.25, 0.3) is 10.8 Å². The highest BCUT2D eigenvalue weighted by molar-refractivity contribution is 6.01. The number of aromatic carboxylic acids is 1. The minimum Gasteiger partial charge on any atom is -0.476 e. The number of rotatable bonds is 3.